The number of ether oxygens (including phenoxy) is 1. The van der Waals surface area contributed by atoms with Crippen molar-refractivity contribution < 1.29 is 28.2 Å². The highest BCUT2D eigenvalue weighted by molar-refractivity contribution is 8.01. The Morgan fingerprint density at radius 1 is 1.37 bits per heavy atom. The maximum absolute atomic E-state index is 13.2. The lowest BCUT2D eigenvalue weighted by molar-refractivity contribution is -0.129. The predicted molar refractivity (Wildman–Crippen MR) is 96.4 cm³/mol. The molecule has 1 N–H and O–H groups in total. The highest BCUT2D eigenvalue weighted by atomic mass is 32.2. The highest BCUT2D eigenvalue weighted by Crippen LogP contribution is 2.25. The number of rotatable bonds is 8. The molecule has 27 heavy (non-hydrogen) atoms. The Balaban J connectivity index is 1.51. The van der Waals surface area contributed by atoms with E-state index in [1.54, 1.807) is 4.90 Å². The van der Waals surface area contributed by atoms with Crippen molar-refractivity contribution in [2.24, 2.45) is 0 Å². The molecule has 1 atom stereocenters. The van der Waals surface area contributed by atoms with Gasteiger partial charge in [-0.3, -0.25) is 4.79 Å². The summed E-state index contributed by atoms with van der Waals surface area (Å²) in [5, 5.41) is 10.3. The average Bonchev–Trinajstić information content (AvgIpc) is 3.20. The third-order valence-corrected chi connectivity index (χ3v) is 5.99. The van der Waals surface area contributed by atoms with Gasteiger partial charge in [-0.1, -0.05) is 11.8 Å². The molecular weight excluding hydrogens is 398 g/mol. The summed E-state index contributed by atoms with van der Waals surface area (Å²) < 4.78 is 32.5. The summed E-state index contributed by atoms with van der Waals surface area (Å²) in [6.45, 7) is 0.608. The monoisotopic (exact) mass is 414 g/mol. The SMILES string of the molecule is O=C(O)c1csc(SCCN2C(=O)CC[C@@H]2COc2cc(F)cc(F)c2)n1. The van der Waals surface area contributed by atoms with Gasteiger partial charge in [0.25, 0.3) is 0 Å². The molecule has 0 bridgehead atoms. The summed E-state index contributed by atoms with van der Waals surface area (Å²) in [6, 6.07) is 2.80. The summed E-state index contributed by atoms with van der Waals surface area (Å²) in [7, 11) is 0. The van der Waals surface area contributed by atoms with E-state index in [4.69, 9.17) is 9.84 Å². The Bertz CT molecular complexity index is 826. The number of hydrogen-bond acceptors (Lipinski definition) is 6. The maximum atomic E-state index is 13.2. The minimum Gasteiger partial charge on any atom is -0.491 e. The van der Waals surface area contributed by atoms with E-state index in [1.807, 2.05) is 0 Å². The Kier molecular flexibility index (Phi) is 6.27. The van der Waals surface area contributed by atoms with Crippen LogP contribution < -0.4 is 4.74 Å². The van der Waals surface area contributed by atoms with E-state index in [0.717, 1.165) is 18.2 Å². The van der Waals surface area contributed by atoms with E-state index in [-0.39, 0.29) is 30.0 Å². The first kappa shape index (κ1) is 19.6. The summed E-state index contributed by atoms with van der Waals surface area (Å²) in [4.78, 5) is 28.6. The normalized spacial score (nSPS) is 16.7. The lowest BCUT2D eigenvalue weighted by atomic mass is 10.2. The molecule has 1 saturated heterocycles. The Morgan fingerprint density at radius 3 is 2.78 bits per heavy atom. The van der Waals surface area contributed by atoms with Gasteiger partial charge >= 0.3 is 5.97 Å². The number of hydrogen-bond donors (Lipinski definition) is 1. The second-order valence-electron chi connectivity index (χ2n) is 5.85. The maximum Gasteiger partial charge on any atom is 0.355 e. The Hall–Kier alpha value is -2.20. The number of amides is 1. The van der Waals surface area contributed by atoms with Gasteiger partial charge in [0.15, 0.2) is 10.0 Å². The molecule has 1 aromatic heterocycles. The number of nitrogens with zero attached hydrogens (tertiary/aromatic N) is 2. The zero-order valence-electron chi connectivity index (χ0n) is 14.1. The standard InChI is InChI=1S/C17H16F2N2O4S2/c18-10-5-11(19)7-13(6-10)25-8-12-1-2-15(22)21(12)3-4-26-17-20-14(9-27-17)16(23)24/h5-7,9,12H,1-4,8H2,(H,23,24)/t12-/m1/s1. The summed E-state index contributed by atoms with van der Waals surface area (Å²) in [5.41, 5.74) is 0.00773. The van der Waals surface area contributed by atoms with Crippen molar-refractivity contribution in [2.45, 2.75) is 23.2 Å². The molecule has 1 fully saturated rings. The zero-order valence-corrected chi connectivity index (χ0v) is 15.7. The second kappa shape index (κ2) is 8.66. The molecule has 1 amide bonds. The van der Waals surface area contributed by atoms with Crippen LogP contribution in [0.3, 0.4) is 0 Å². The number of carbonyl (C=O) groups excluding carboxylic acids is 1. The number of benzene rings is 1. The first-order valence-corrected chi connectivity index (χ1v) is 9.99. The Morgan fingerprint density at radius 2 is 2.11 bits per heavy atom. The van der Waals surface area contributed by atoms with Crippen molar-refractivity contribution in [1.82, 2.24) is 9.88 Å². The highest BCUT2D eigenvalue weighted by Gasteiger charge is 2.31. The van der Waals surface area contributed by atoms with Gasteiger partial charge in [0, 0.05) is 42.3 Å². The average molecular weight is 414 g/mol. The summed E-state index contributed by atoms with van der Waals surface area (Å²) in [6.07, 6.45) is 1.01. The van der Waals surface area contributed by atoms with E-state index >= 15 is 0 Å². The third kappa shape index (κ3) is 5.16. The van der Waals surface area contributed by atoms with Gasteiger partial charge in [0.1, 0.15) is 24.0 Å². The van der Waals surface area contributed by atoms with Gasteiger partial charge in [-0.05, 0) is 6.42 Å². The molecule has 0 spiro atoms. The van der Waals surface area contributed by atoms with Crippen LogP contribution in [-0.2, 0) is 4.79 Å². The van der Waals surface area contributed by atoms with Crippen LogP contribution in [0, 0.1) is 11.6 Å². The zero-order chi connectivity index (χ0) is 19.4. The van der Waals surface area contributed by atoms with Gasteiger partial charge < -0.3 is 14.7 Å². The topological polar surface area (TPSA) is 79.7 Å². The summed E-state index contributed by atoms with van der Waals surface area (Å²) >= 11 is 2.62. The van der Waals surface area contributed by atoms with Crippen molar-refractivity contribution in [3.05, 3.63) is 40.9 Å². The van der Waals surface area contributed by atoms with E-state index in [9.17, 15) is 18.4 Å². The van der Waals surface area contributed by atoms with Crippen molar-refractivity contribution in [3.63, 3.8) is 0 Å². The van der Waals surface area contributed by atoms with Crippen LogP contribution in [0.4, 0.5) is 8.78 Å². The number of aromatic carboxylic acids is 1. The van der Waals surface area contributed by atoms with Crippen molar-refractivity contribution in [2.75, 3.05) is 18.9 Å². The van der Waals surface area contributed by atoms with Crippen LogP contribution in [0.25, 0.3) is 0 Å². The lowest BCUT2D eigenvalue weighted by Gasteiger charge is -2.24. The molecule has 144 valence electrons. The molecule has 3 rings (SSSR count). The number of likely N-dealkylation sites (tertiary alicyclic amines) is 1. The molecule has 2 heterocycles. The second-order valence-corrected chi connectivity index (χ2v) is 8.05. The lowest BCUT2D eigenvalue weighted by Crippen LogP contribution is -2.38. The molecule has 1 aliphatic heterocycles. The number of aromatic nitrogens is 1. The molecule has 0 radical (unpaired) electrons. The molecule has 0 saturated carbocycles. The van der Waals surface area contributed by atoms with Crippen LogP contribution in [0.1, 0.15) is 23.3 Å². The molecule has 1 aliphatic rings. The summed E-state index contributed by atoms with van der Waals surface area (Å²) in [5.74, 6) is -1.86. The van der Waals surface area contributed by atoms with Crippen LogP contribution in [0.2, 0.25) is 0 Å². The quantitative estimate of drug-likeness (QED) is 0.668. The number of carbonyl (C=O) groups is 2. The minimum atomic E-state index is -1.07. The fraction of sp³-hybridized carbons (Fsp3) is 0.353. The minimum absolute atomic E-state index is 0.0000124. The number of carboxylic acids is 1. The van der Waals surface area contributed by atoms with Gasteiger partial charge in [-0.25, -0.2) is 18.6 Å². The number of halogens is 2. The largest absolute Gasteiger partial charge is 0.491 e. The molecule has 10 heteroatoms. The molecule has 6 nitrogen and oxygen atoms in total. The van der Waals surface area contributed by atoms with Crippen LogP contribution >= 0.6 is 23.1 Å². The number of thioether (sulfide) groups is 1. The van der Waals surface area contributed by atoms with E-state index < -0.39 is 17.6 Å². The first-order valence-electron chi connectivity index (χ1n) is 8.12. The van der Waals surface area contributed by atoms with Crippen LogP contribution in [0.5, 0.6) is 5.75 Å². The van der Waals surface area contributed by atoms with Gasteiger partial charge in [-0.15, -0.1) is 11.3 Å². The van der Waals surface area contributed by atoms with Crippen molar-refractivity contribution in [3.8, 4) is 5.75 Å². The molecular formula is C17H16F2N2O4S2. The fourth-order valence-electron chi connectivity index (χ4n) is 2.73. The predicted octanol–water partition coefficient (Wildman–Crippen LogP) is 3.28. The third-order valence-electron chi connectivity index (χ3n) is 3.99. The van der Waals surface area contributed by atoms with Gasteiger partial charge in [0.2, 0.25) is 5.91 Å². The molecule has 0 unspecified atom stereocenters. The molecule has 1 aromatic carbocycles. The van der Waals surface area contributed by atoms with Gasteiger partial charge in [0.05, 0.1) is 6.04 Å². The van der Waals surface area contributed by atoms with Crippen LogP contribution in [0.15, 0.2) is 27.9 Å². The Labute approximate surface area is 162 Å². The molecule has 2 aromatic rings. The van der Waals surface area contributed by atoms with Crippen molar-refractivity contribution >= 4 is 35.0 Å². The van der Waals surface area contributed by atoms with E-state index in [1.165, 1.54) is 28.5 Å². The van der Waals surface area contributed by atoms with E-state index in [2.05, 4.69) is 4.98 Å². The first-order chi connectivity index (χ1) is 12.9. The smallest absolute Gasteiger partial charge is 0.355 e. The number of carboxylic acid groups (broad SMARTS) is 1. The van der Waals surface area contributed by atoms with Gasteiger partial charge in [-0.2, -0.15) is 0 Å². The fourth-order valence-corrected chi connectivity index (χ4v) is 4.54. The molecule has 0 aliphatic carbocycles. The van der Waals surface area contributed by atoms with Crippen LogP contribution in [-0.4, -0.2) is 51.8 Å². The van der Waals surface area contributed by atoms with Crippen molar-refractivity contribution in [1.29, 1.82) is 0 Å². The number of thiazole rings is 1. The van der Waals surface area contributed by atoms with E-state index in [0.29, 0.717) is 29.5 Å².